The van der Waals surface area contributed by atoms with E-state index in [-0.39, 0.29) is 11.2 Å². The number of para-hydroxylation sites is 1. The van der Waals surface area contributed by atoms with Crippen LogP contribution >= 0.6 is 11.8 Å². The third-order valence-electron chi connectivity index (χ3n) is 8.37. The maximum absolute atomic E-state index is 14.1. The molecule has 0 fully saturated rings. The van der Waals surface area contributed by atoms with E-state index in [0.717, 1.165) is 57.1 Å². The van der Waals surface area contributed by atoms with Crippen LogP contribution in [0.2, 0.25) is 0 Å². The van der Waals surface area contributed by atoms with Crippen LogP contribution < -0.4 is 10.6 Å². The largest absolute Gasteiger partial charge is 0.384 e. The molecule has 1 aliphatic carbocycles. The van der Waals surface area contributed by atoms with Gasteiger partial charge in [0, 0.05) is 29.2 Å². The predicted octanol–water partition coefficient (Wildman–Crippen LogP) is 8.24. The molecule has 0 saturated carbocycles. The average molecular weight is 562 g/mol. The Bertz CT molecular complexity index is 1590. The van der Waals surface area contributed by atoms with Crippen LogP contribution in [-0.4, -0.2) is 5.78 Å². The SMILES string of the molecule is CCc1ccccc1N1C(N)=C(C#N)C(c2cc(C)cc(CSCc3ccccc3)c2C)C2=C1CC(C)(C)CC2=O. The fourth-order valence-electron chi connectivity index (χ4n) is 6.39. The topological polar surface area (TPSA) is 70.1 Å². The number of hydrogen-bond acceptors (Lipinski definition) is 5. The van der Waals surface area contributed by atoms with Crippen molar-refractivity contribution >= 4 is 23.2 Å². The Hall–Kier alpha value is -3.75. The molecule has 2 N–H and O–H groups in total. The molecule has 1 atom stereocenters. The first kappa shape index (κ1) is 28.8. The number of ketones is 1. The van der Waals surface area contributed by atoms with E-state index in [1.165, 1.54) is 11.1 Å². The summed E-state index contributed by atoms with van der Waals surface area (Å²) in [7, 11) is 0. The average Bonchev–Trinajstić information content (AvgIpc) is 2.94. The van der Waals surface area contributed by atoms with E-state index < -0.39 is 5.92 Å². The molecule has 0 spiro atoms. The third-order valence-corrected chi connectivity index (χ3v) is 9.43. The van der Waals surface area contributed by atoms with Crippen molar-refractivity contribution < 1.29 is 4.79 Å². The molecule has 2 aliphatic rings. The van der Waals surface area contributed by atoms with Crippen molar-refractivity contribution in [2.24, 2.45) is 11.1 Å². The monoisotopic (exact) mass is 561 g/mol. The molecule has 0 aromatic heterocycles. The lowest BCUT2D eigenvalue weighted by Gasteiger charge is -2.44. The number of nitrogens with zero attached hydrogens (tertiary/aromatic N) is 2. The highest BCUT2D eigenvalue weighted by atomic mass is 32.2. The van der Waals surface area contributed by atoms with Gasteiger partial charge in [-0.3, -0.25) is 9.69 Å². The van der Waals surface area contributed by atoms with Crippen molar-refractivity contribution in [1.29, 1.82) is 5.26 Å². The van der Waals surface area contributed by atoms with Gasteiger partial charge in [-0.05, 0) is 66.0 Å². The number of nitriles is 1. The van der Waals surface area contributed by atoms with Crippen LogP contribution in [0.15, 0.2) is 89.4 Å². The molecule has 5 rings (SSSR count). The molecule has 5 heteroatoms. The minimum Gasteiger partial charge on any atom is -0.384 e. The number of rotatable bonds is 7. The summed E-state index contributed by atoms with van der Waals surface area (Å²) < 4.78 is 0. The molecule has 4 nitrogen and oxygen atoms in total. The number of anilines is 1. The molecule has 0 bridgehead atoms. The Balaban J connectivity index is 1.65. The van der Waals surface area contributed by atoms with Crippen LogP contribution in [0.1, 0.15) is 72.9 Å². The fraction of sp³-hybridized carbons (Fsp3) is 0.333. The molecule has 210 valence electrons. The molecule has 1 aliphatic heterocycles. The van der Waals surface area contributed by atoms with Crippen LogP contribution in [0, 0.1) is 30.6 Å². The maximum atomic E-state index is 14.1. The van der Waals surface area contributed by atoms with Crippen molar-refractivity contribution in [3.05, 3.63) is 123 Å². The van der Waals surface area contributed by atoms with Gasteiger partial charge in [0.05, 0.1) is 23.2 Å². The fourth-order valence-corrected chi connectivity index (χ4v) is 7.44. The van der Waals surface area contributed by atoms with Crippen LogP contribution in [0.4, 0.5) is 5.69 Å². The van der Waals surface area contributed by atoms with E-state index >= 15 is 0 Å². The summed E-state index contributed by atoms with van der Waals surface area (Å²) in [5.41, 5.74) is 16.8. The summed E-state index contributed by atoms with van der Waals surface area (Å²) >= 11 is 1.88. The number of allylic oxidation sites excluding steroid dienone is 3. The van der Waals surface area contributed by atoms with Gasteiger partial charge in [0.25, 0.3) is 0 Å². The molecule has 0 amide bonds. The third kappa shape index (κ3) is 5.59. The van der Waals surface area contributed by atoms with E-state index in [0.29, 0.717) is 24.2 Å². The Morgan fingerprint density at radius 3 is 2.41 bits per heavy atom. The first-order chi connectivity index (χ1) is 19.6. The summed E-state index contributed by atoms with van der Waals surface area (Å²) in [5, 5.41) is 10.6. The first-order valence-corrected chi connectivity index (χ1v) is 15.6. The zero-order valence-electron chi connectivity index (χ0n) is 24.8. The summed E-state index contributed by atoms with van der Waals surface area (Å²) in [6.07, 6.45) is 1.99. The number of aryl methyl sites for hydroxylation is 2. The highest BCUT2D eigenvalue weighted by Gasteiger charge is 2.45. The maximum Gasteiger partial charge on any atom is 0.162 e. The number of Topliss-reactive ketones (excluding diaryl/α,β-unsaturated/α-hetero) is 1. The Morgan fingerprint density at radius 2 is 1.71 bits per heavy atom. The van der Waals surface area contributed by atoms with Gasteiger partial charge in [-0.15, -0.1) is 0 Å². The quantitative estimate of drug-likeness (QED) is 0.315. The van der Waals surface area contributed by atoms with E-state index in [1.54, 1.807) is 0 Å². The van der Waals surface area contributed by atoms with Gasteiger partial charge < -0.3 is 5.73 Å². The standard InChI is InChI=1S/C36H39N3OS/c1-6-26-14-10-11-15-30(26)39-31-18-36(4,5)19-32(40)34(31)33(29(20-37)35(39)38)28-17-23(2)16-27(24(28)3)22-41-21-25-12-8-7-9-13-25/h7-17,33H,6,18-19,21-22,38H2,1-5H3. The van der Waals surface area contributed by atoms with Gasteiger partial charge in [0.15, 0.2) is 5.78 Å². The molecular formula is C36H39N3OS. The van der Waals surface area contributed by atoms with Crippen LogP contribution in [-0.2, 0) is 22.7 Å². The lowest BCUT2D eigenvalue weighted by Crippen LogP contribution is -2.42. The van der Waals surface area contributed by atoms with Gasteiger partial charge in [-0.2, -0.15) is 17.0 Å². The summed E-state index contributed by atoms with van der Waals surface area (Å²) in [4.78, 5) is 16.1. The second-order valence-electron chi connectivity index (χ2n) is 12.1. The first-order valence-electron chi connectivity index (χ1n) is 14.4. The minimum atomic E-state index is -0.471. The van der Waals surface area contributed by atoms with Crippen LogP contribution in [0.3, 0.4) is 0 Å². The molecule has 3 aromatic carbocycles. The van der Waals surface area contributed by atoms with Crippen molar-refractivity contribution in [3.8, 4) is 6.07 Å². The number of hydrogen-bond donors (Lipinski definition) is 1. The second kappa shape index (κ2) is 11.6. The molecule has 1 unspecified atom stereocenters. The van der Waals surface area contributed by atoms with Gasteiger partial charge in [0.2, 0.25) is 0 Å². The smallest absolute Gasteiger partial charge is 0.162 e. The van der Waals surface area contributed by atoms with Crippen molar-refractivity contribution in [1.82, 2.24) is 0 Å². The molecule has 1 heterocycles. The normalized spacial score (nSPS) is 18.4. The van der Waals surface area contributed by atoms with Crippen LogP contribution in [0.5, 0.6) is 0 Å². The summed E-state index contributed by atoms with van der Waals surface area (Å²) in [5.74, 6) is 1.86. The summed E-state index contributed by atoms with van der Waals surface area (Å²) in [6.45, 7) is 10.6. The lowest BCUT2D eigenvalue weighted by molar-refractivity contribution is -0.118. The number of carbonyl (C=O) groups is 1. The van der Waals surface area contributed by atoms with Crippen molar-refractivity contribution in [2.75, 3.05) is 4.90 Å². The zero-order valence-corrected chi connectivity index (χ0v) is 25.6. The van der Waals surface area contributed by atoms with E-state index in [2.05, 4.69) is 89.2 Å². The minimum absolute atomic E-state index is 0.112. The molecule has 3 aromatic rings. The number of nitrogens with two attached hydrogens (primary N) is 1. The zero-order chi connectivity index (χ0) is 29.3. The second-order valence-corrected chi connectivity index (χ2v) is 13.1. The van der Waals surface area contributed by atoms with Gasteiger partial charge in [-0.25, -0.2) is 0 Å². The van der Waals surface area contributed by atoms with E-state index in [4.69, 9.17) is 5.73 Å². The highest BCUT2D eigenvalue weighted by Crippen LogP contribution is 2.51. The van der Waals surface area contributed by atoms with E-state index in [1.807, 2.05) is 34.9 Å². The van der Waals surface area contributed by atoms with Gasteiger partial charge >= 0.3 is 0 Å². The number of carbonyl (C=O) groups excluding carboxylic acids is 1. The summed E-state index contributed by atoms with van der Waals surface area (Å²) in [6, 6.07) is 25.5. The van der Waals surface area contributed by atoms with Crippen molar-refractivity contribution in [2.45, 2.75) is 71.3 Å². The molecular weight excluding hydrogens is 522 g/mol. The Labute approximate surface area is 249 Å². The predicted molar refractivity (Wildman–Crippen MR) is 170 cm³/mol. The lowest BCUT2D eigenvalue weighted by atomic mass is 9.67. The molecule has 0 saturated heterocycles. The molecule has 41 heavy (non-hydrogen) atoms. The van der Waals surface area contributed by atoms with E-state index in [9.17, 15) is 10.1 Å². The van der Waals surface area contributed by atoms with Crippen molar-refractivity contribution in [3.63, 3.8) is 0 Å². The number of benzene rings is 3. The Morgan fingerprint density at radius 1 is 1.00 bits per heavy atom. The highest BCUT2D eigenvalue weighted by molar-refractivity contribution is 7.97. The Kier molecular flexibility index (Phi) is 8.16. The number of thioether (sulfide) groups is 1. The molecule has 0 radical (unpaired) electrons. The van der Waals surface area contributed by atoms with Gasteiger partial charge in [0.1, 0.15) is 5.82 Å². The van der Waals surface area contributed by atoms with Crippen LogP contribution in [0.25, 0.3) is 0 Å². The van der Waals surface area contributed by atoms with Gasteiger partial charge in [-0.1, -0.05) is 87.0 Å².